The molecule has 0 atom stereocenters. The highest BCUT2D eigenvalue weighted by Gasteiger charge is 2.13. The molecule has 2 aromatic carbocycles. The number of aromatic nitrogens is 2. The van der Waals surface area contributed by atoms with E-state index in [1.165, 1.54) is 12.1 Å². The highest BCUT2D eigenvalue weighted by atomic mass is 35.5. The Morgan fingerprint density at radius 2 is 1.80 bits per heavy atom. The molecule has 0 radical (unpaired) electrons. The van der Waals surface area contributed by atoms with Crippen LogP contribution in [0.25, 0.3) is 22.8 Å². The molecule has 100 valence electrons. The van der Waals surface area contributed by atoms with Crippen LogP contribution in [0, 0.1) is 0 Å². The van der Waals surface area contributed by atoms with Gasteiger partial charge in [0.05, 0.1) is 5.02 Å². The summed E-state index contributed by atoms with van der Waals surface area (Å²) in [5.41, 5.74) is 1.17. The van der Waals surface area contributed by atoms with Crippen molar-refractivity contribution in [3.8, 4) is 34.3 Å². The molecule has 3 aromatic rings. The molecule has 1 heterocycles. The largest absolute Gasteiger partial charge is 0.504 e. The molecule has 0 aliphatic carbocycles. The molecular weight excluding hydrogens is 280 g/mol. The number of nitrogens with zero attached hydrogens (tertiary/aromatic N) is 2. The maximum Gasteiger partial charge on any atom is 0.258 e. The Morgan fingerprint density at radius 3 is 2.55 bits per heavy atom. The summed E-state index contributed by atoms with van der Waals surface area (Å²) in [6.07, 6.45) is 0. The van der Waals surface area contributed by atoms with Gasteiger partial charge in [0.15, 0.2) is 11.5 Å². The summed E-state index contributed by atoms with van der Waals surface area (Å²) in [5, 5.41) is 23.1. The van der Waals surface area contributed by atoms with Crippen molar-refractivity contribution in [1.29, 1.82) is 0 Å². The second-order valence-electron chi connectivity index (χ2n) is 4.11. The Balaban J connectivity index is 2.02. The van der Waals surface area contributed by atoms with Crippen LogP contribution in [0.3, 0.4) is 0 Å². The fourth-order valence-electron chi connectivity index (χ4n) is 1.75. The van der Waals surface area contributed by atoms with Crippen molar-refractivity contribution in [3.63, 3.8) is 0 Å². The van der Waals surface area contributed by atoms with Crippen LogP contribution in [0.2, 0.25) is 5.02 Å². The second-order valence-corrected chi connectivity index (χ2v) is 4.51. The summed E-state index contributed by atoms with van der Waals surface area (Å²) in [4.78, 5) is 4.23. The number of phenols is 2. The van der Waals surface area contributed by atoms with Gasteiger partial charge in [0.2, 0.25) is 5.82 Å². The van der Waals surface area contributed by atoms with Gasteiger partial charge >= 0.3 is 0 Å². The number of halogens is 1. The highest BCUT2D eigenvalue weighted by Crippen LogP contribution is 2.31. The number of rotatable bonds is 2. The Kier molecular flexibility index (Phi) is 3.04. The van der Waals surface area contributed by atoms with E-state index in [2.05, 4.69) is 10.1 Å². The Bertz CT molecular complexity index is 771. The van der Waals surface area contributed by atoms with Crippen molar-refractivity contribution < 1.29 is 14.7 Å². The van der Waals surface area contributed by atoms with Crippen LogP contribution >= 0.6 is 11.6 Å². The summed E-state index contributed by atoms with van der Waals surface area (Å²) >= 11 is 6.07. The normalized spacial score (nSPS) is 10.7. The van der Waals surface area contributed by atoms with Crippen molar-refractivity contribution in [1.82, 2.24) is 10.1 Å². The van der Waals surface area contributed by atoms with Crippen LogP contribution in [0.5, 0.6) is 11.5 Å². The summed E-state index contributed by atoms with van der Waals surface area (Å²) in [7, 11) is 0. The summed E-state index contributed by atoms with van der Waals surface area (Å²) in [6.45, 7) is 0. The minimum absolute atomic E-state index is 0.209. The fourth-order valence-corrected chi connectivity index (χ4v) is 1.97. The third kappa shape index (κ3) is 2.19. The lowest BCUT2D eigenvalue weighted by Crippen LogP contribution is -1.82. The van der Waals surface area contributed by atoms with E-state index >= 15 is 0 Å². The molecule has 0 saturated carbocycles. The molecule has 20 heavy (non-hydrogen) atoms. The van der Waals surface area contributed by atoms with Gasteiger partial charge in [0, 0.05) is 11.1 Å². The van der Waals surface area contributed by atoms with Crippen LogP contribution in [0.1, 0.15) is 0 Å². The van der Waals surface area contributed by atoms with Gasteiger partial charge in [-0.3, -0.25) is 0 Å². The minimum atomic E-state index is -0.250. The van der Waals surface area contributed by atoms with Crippen LogP contribution < -0.4 is 0 Å². The van der Waals surface area contributed by atoms with E-state index < -0.39 is 0 Å². The van der Waals surface area contributed by atoms with Crippen LogP contribution in [0.4, 0.5) is 0 Å². The smallest absolute Gasteiger partial charge is 0.258 e. The molecule has 0 unspecified atom stereocenters. The molecule has 5 nitrogen and oxygen atoms in total. The van der Waals surface area contributed by atoms with Crippen molar-refractivity contribution in [2.24, 2.45) is 0 Å². The fraction of sp³-hybridized carbons (Fsp3) is 0. The molecular formula is C14H9ClN2O3. The predicted octanol–water partition coefficient (Wildman–Crippen LogP) is 3.47. The van der Waals surface area contributed by atoms with Crippen molar-refractivity contribution in [3.05, 3.63) is 47.5 Å². The predicted molar refractivity (Wildman–Crippen MR) is 73.5 cm³/mol. The molecule has 0 aliphatic rings. The summed E-state index contributed by atoms with van der Waals surface area (Å²) in [5.74, 6) is 0.132. The Hall–Kier alpha value is -2.53. The zero-order chi connectivity index (χ0) is 14.1. The molecule has 2 N–H and O–H groups in total. The molecule has 0 bridgehead atoms. The lowest BCUT2D eigenvalue weighted by atomic mass is 10.2. The standard InChI is InChI=1S/C14H9ClN2O3/c15-10-4-2-1-3-9(10)13-16-14(20-17-13)8-5-6-11(18)12(19)7-8/h1-7,18-19H. The van der Waals surface area contributed by atoms with E-state index in [9.17, 15) is 10.2 Å². The zero-order valence-corrected chi connectivity index (χ0v) is 10.9. The van der Waals surface area contributed by atoms with Crippen molar-refractivity contribution in [2.45, 2.75) is 0 Å². The molecule has 0 spiro atoms. The average Bonchev–Trinajstić information content (AvgIpc) is 2.92. The molecule has 1 aromatic heterocycles. The quantitative estimate of drug-likeness (QED) is 0.706. The Labute approximate surface area is 119 Å². The van der Waals surface area contributed by atoms with E-state index in [1.807, 2.05) is 12.1 Å². The molecule has 0 aliphatic heterocycles. The van der Waals surface area contributed by atoms with E-state index in [-0.39, 0.29) is 17.4 Å². The van der Waals surface area contributed by atoms with Gasteiger partial charge in [-0.1, -0.05) is 28.9 Å². The van der Waals surface area contributed by atoms with Gasteiger partial charge < -0.3 is 14.7 Å². The van der Waals surface area contributed by atoms with Crippen molar-refractivity contribution in [2.75, 3.05) is 0 Å². The minimum Gasteiger partial charge on any atom is -0.504 e. The second kappa shape index (κ2) is 4.86. The monoisotopic (exact) mass is 288 g/mol. The van der Waals surface area contributed by atoms with Gasteiger partial charge in [-0.05, 0) is 30.3 Å². The first kappa shape index (κ1) is 12.5. The number of hydrogen-bond donors (Lipinski definition) is 2. The highest BCUT2D eigenvalue weighted by molar-refractivity contribution is 6.33. The molecule has 0 amide bonds. The summed E-state index contributed by atoms with van der Waals surface area (Å²) < 4.78 is 5.14. The van der Waals surface area contributed by atoms with E-state index in [0.717, 1.165) is 0 Å². The molecule has 0 fully saturated rings. The van der Waals surface area contributed by atoms with Crippen LogP contribution in [-0.4, -0.2) is 20.4 Å². The molecule has 0 saturated heterocycles. The van der Waals surface area contributed by atoms with Crippen molar-refractivity contribution >= 4 is 11.6 Å². The average molecular weight is 289 g/mol. The van der Waals surface area contributed by atoms with Gasteiger partial charge in [-0.25, -0.2) is 0 Å². The molecule has 3 rings (SSSR count). The molecule has 6 heteroatoms. The van der Waals surface area contributed by atoms with E-state index in [1.54, 1.807) is 18.2 Å². The first-order valence-corrected chi connectivity index (χ1v) is 6.14. The van der Waals surface area contributed by atoms with Gasteiger partial charge in [-0.2, -0.15) is 4.98 Å². The first-order valence-electron chi connectivity index (χ1n) is 5.76. The lowest BCUT2D eigenvalue weighted by molar-refractivity contribution is 0.402. The Morgan fingerprint density at radius 1 is 1.00 bits per heavy atom. The number of phenolic OH excluding ortho intramolecular Hbond substituents is 2. The van der Waals surface area contributed by atoms with Crippen LogP contribution in [0.15, 0.2) is 47.0 Å². The third-order valence-electron chi connectivity index (χ3n) is 2.76. The lowest BCUT2D eigenvalue weighted by Gasteiger charge is -1.98. The first-order chi connectivity index (χ1) is 9.65. The van der Waals surface area contributed by atoms with Crippen LogP contribution in [-0.2, 0) is 0 Å². The van der Waals surface area contributed by atoms with E-state index in [4.69, 9.17) is 16.1 Å². The number of benzene rings is 2. The van der Waals surface area contributed by atoms with Gasteiger partial charge in [0.1, 0.15) is 0 Å². The van der Waals surface area contributed by atoms with Gasteiger partial charge in [0.25, 0.3) is 5.89 Å². The third-order valence-corrected chi connectivity index (χ3v) is 3.09. The number of hydrogen-bond acceptors (Lipinski definition) is 5. The van der Waals surface area contributed by atoms with E-state index in [0.29, 0.717) is 22.0 Å². The maximum atomic E-state index is 9.47. The SMILES string of the molecule is Oc1ccc(-c2nc(-c3ccccc3Cl)no2)cc1O. The summed E-state index contributed by atoms with van der Waals surface area (Å²) in [6, 6.07) is 11.4. The zero-order valence-electron chi connectivity index (χ0n) is 10.1. The maximum absolute atomic E-state index is 9.47. The van der Waals surface area contributed by atoms with Gasteiger partial charge in [-0.15, -0.1) is 0 Å². The number of aromatic hydroxyl groups is 2. The topological polar surface area (TPSA) is 79.4 Å².